The van der Waals surface area contributed by atoms with Gasteiger partial charge in [0.25, 0.3) is 11.1 Å². The summed E-state index contributed by atoms with van der Waals surface area (Å²) in [6, 6.07) is 9.92. The maximum Gasteiger partial charge on any atom is 0.293 e. The fraction of sp³-hybridized carbons (Fsp3) is 0.350. The molecule has 0 amide bonds. The van der Waals surface area contributed by atoms with Crippen LogP contribution >= 0.6 is 0 Å². The van der Waals surface area contributed by atoms with Crippen LogP contribution in [0.25, 0.3) is 10.9 Å². The number of aryl methyl sites for hydroxylation is 1. The van der Waals surface area contributed by atoms with Gasteiger partial charge in [-0.3, -0.25) is 9.59 Å². The van der Waals surface area contributed by atoms with Crippen molar-refractivity contribution in [1.29, 1.82) is 0 Å². The predicted molar refractivity (Wildman–Crippen MR) is 106 cm³/mol. The number of benzene rings is 1. The number of aromatic amines is 1. The molecule has 0 aliphatic carbocycles. The molecular weight excluding hydrogens is 342 g/mol. The quantitative estimate of drug-likeness (QED) is 0.730. The summed E-state index contributed by atoms with van der Waals surface area (Å²) in [4.78, 5) is 33.9. The molecule has 1 unspecified atom stereocenters. The minimum Gasteiger partial charge on any atom is -0.350 e. The van der Waals surface area contributed by atoms with Crippen molar-refractivity contribution >= 4 is 16.7 Å². The number of hydrogen-bond donors (Lipinski definition) is 2. The summed E-state index contributed by atoms with van der Waals surface area (Å²) in [7, 11) is 1.74. The van der Waals surface area contributed by atoms with Crippen LogP contribution in [-0.2, 0) is 13.6 Å². The number of nitrogens with zero attached hydrogens (tertiary/aromatic N) is 3. The van der Waals surface area contributed by atoms with E-state index in [1.807, 2.05) is 35.2 Å². The number of hydrogen-bond acceptors (Lipinski definition) is 5. The number of pyridine rings is 1. The highest BCUT2D eigenvalue weighted by molar-refractivity contribution is 5.78. The van der Waals surface area contributed by atoms with E-state index in [1.165, 1.54) is 0 Å². The molecular formula is C20H23N5O2. The van der Waals surface area contributed by atoms with Crippen LogP contribution in [0.1, 0.15) is 18.4 Å². The fourth-order valence-electron chi connectivity index (χ4n) is 3.62. The maximum atomic E-state index is 12.3. The van der Waals surface area contributed by atoms with Crippen LogP contribution in [0.2, 0.25) is 0 Å². The third kappa shape index (κ3) is 3.64. The lowest BCUT2D eigenvalue weighted by Gasteiger charge is -2.33. The van der Waals surface area contributed by atoms with E-state index in [0.717, 1.165) is 35.9 Å². The van der Waals surface area contributed by atoms with Gasteiger partial charge in [0.15, 0.2) is 5.82 Å². The van der Waals surface area contributed by atoms with Crippen LogP contribution in [0.3, 0.4) is 0 Å². The van der Waals surface area contributed by atoms with E-state index in [1.54, 1.807) is 24.0 Å². The lowest BCUT2D eigenvalue weighted by atomic mass is 10.1. The molecule has 1 aliphatic rings. The smallest absolute Gasteiger partial charge is 0.293 e. The summed E-state index contributed by atoms with van der Waals surface area (Å²) in [5.41, 5.74) is 1.43. The molecule has 140 valence electrons. The SMILES string of the molecule is Cn1ccnc(N2CCCC(NCc3cc4ccccc4[nH]c3=O)C2)c1=O. The number of aromatic nitrogens is 3. The number of nitrogens with one attached hydrogen (secondary N) is 2. The van der Waals surface area contributed by atoms with Crippen molar-refractivity contribution in [3.8, 4) is 0 Å². The normalized spacial score (nSPS) is 17.4. The molecule has 2 aromatic heterocycles. The Kier molecular flexibility index (Phi) is 4.77. The second kappa shape index (κ2) is 7.36. The van der Waals surface area contributed by atoms with Crippen molar-refractivity contribution in [3.63, 3.8) is 0 Å². The van der Waals surface area contributed by atoms with E-state index in [9.17, 15) is 9.59 Å². The van der Waals surface area contributed by atoms with E-state index < -0.39 is 0 Å². The second-order valence-corrected chi connectivity index (χ2v) is 7.04. The Balaban J connectivity index is 1.47. The van der Waals surface area contributed by atoms with Gasteiger partial charge in [-0.15, -0.1) is 0 Å². The van der Waals surface area contributed by atoms with Crippen molar-refractivity contribution in [2.24, 2.45) is 7.05 Å². The summed E-state index contributed by atoms with van der Waals surface area (Å²) >= 11 is 0. The average Bonchev–Trinajstić information content (AvgIpc) is 2.68. The first-order chi connectivity index (χ1) is 13.1. The Labute approximate surface area is 156 Å². The third-order valence-corrected chi connectivity index (χ3v) is 5.13. The Morgan fingerprint density at radius 2 is 2.15 bits per heavy atom. The Morgan fingerprint density at radius 1 is 1.30 bits per heavy atom. The van der Waals surface area contributed by atoms with Crippen molar-refractivity contribution in [2.45, 2.75) is 25.4 Å². The first kappa shape index (κ1) is 17.5. The van der Waals surface area contributed by atoms with Gasteiger partial charge in [0, 0.05) is 56.2 Å². The Morgan fingerprint density at radius 3 is 3.04 bits per heavy atom. The summed E-state index contributed by atoms with van der Waals surface area (Å²) in [6.07, 6.45) is 5.31. The van der Waals surface area contributed by atoms with Crippen molar-refractivity contribution in [3.05, 3.63) is 69.0 Å². The molecule has 27 heavy (non-hydrogen) atoms. The summed E-state index contributed by atoms with van der Waals surface area (Å²) in [5, 5.41) is 4.50. The first-order valence-electron chi connectivity index (χ1n) is 9.23. The van der Waals surface area contributed by atoms with Gasteiger partial charge in [0.2, 0.25) is 0 Å². The zero-order chi connectivity index (χ0) is 18.8. The van der Waals surface area contributed by atoms with E-state index in [0.29, 0.717) is 18.9 Å². The number of rotatable bonds is 4. The molecule has 7 heteroatoms. The molecule has 0 spiro atoms. The zero-order valence-corrected chi connectivity index (χ0v) is 15.3. The van der Waals surface area contributed by atoms with E-state index in [-0.39, 0.29) is 17.2 Å². The summed E-state index contributed by atoms with van der Waals surface area (Å²) in [6.45, 7) is 2.03. The molecule has 0 saturated carbocycles. The highest BCUT2D eigenvalue weighted by Crippen LogP contribution is 2.15. The van der Waals surface area contributed by atoms with Gasteiger partial charge in [-0.05, 0) is 30.4 Å². The second-order valence-electron chi connectivity index (χ2n) is 7.04. The fourth-order valence-corrected chi connectivity index (χ4v) is 3.62. The largest absolute Gasteiger partial charge is 0.350 e. The van der Waals surface area contributed by atoms with Crippen LogP contribution in [0, 0.1) is 0 Å². The van der Waals surface area contributed by atoms with Gasteiger partial charge in [-0.25, -0.2) is 4.98 Å². The van der Waals surface area contributed by atoms with E-state index in [4.69, 9.17) is 0 Å². The monoisotopic (exact) mass is 365 g/mol. The van der Waals surface area contributed by atoms with Crippen LogP contribution in [0.5, 0.6) is 0 Å². The number of piperidine rings is 1. The average molecular weight is 365 g/mol. The topological polar surface area (TPSA) is 83.0 Å². The molecule has 7 nitrogen and oxygen atoms in total. The Hall–Kier alpha value is -2.93. The van der Waals surface area contributed by atoms with E-state index >= 15 is 0 Å². The van der Waals surface area contributed by atoms with Gasteiger partial charge in [0.05, 0.1) is 0 Å². The van der Waals surface area contributed by atoms with Gasteiger partial charge in [-0.2, -0.15) is 0 Å². The van der Waals surface area contributed by atoms with Gasteiger partial charge in [-0.1, -0.05) is 18.2 Å². The molecule has 1 aliphatic heterocycles. The van der Waals surface area contributed by atoms with Crippen LogP contribution < -0.4 is 21.3 Å². The van der Waals surface area contributed by atoms with Gasteiger partial charge < -0.3 is 19.8 Å². The van der Waals surface area contributed by atoms with Gasteiger partial charge >= 0.3 is 0 Å². The Bertz CT molecular complexity index is 1070. The molecule has 1 aromatic carbocycles. The molecule has 3 heterocycles. The molecule has 1 saturated heterocycles. The van der Waals surface area contributed by atoms with Crippen molar-refractivity contribution < 1.29 is 0 Å². The number of para-hydroxylation sites is 1. The third-order valence-electron chi connectivity index (χ3n) is 5.13. The van der Waals surface area contributed by atoms with Crippen molar-refractivity contribution in [2.75, 3.05) is 18.0 Å². The molecule has 0 bridgehead atoms. The first-order valence-corrected chi connectivity index (χ1v) is 9.23. The van der Waals surface area contributed by atoms with Crippen LogP contribution in [0.15, 0.2) is 52.3 Å². The number of fused-ring (bicyclic) bond motifs is 1. The van der Waals surface area contributed by atoms with Crippen molar-refractivity contribution in [1.82, 2.24) is 19.9 Å². The molecule has 1 atom stereocenters. The minimum absolute atomic E-state index is 0.0625. The van der Waals surface area contributed by atoms with E-state index in [2.05, 4.69) is 15.3 Å². The maximum absolute atomic E-state index is 12.3. The standard InChI is InChI=1S/C20H23N5O2/c1-24-10-8-21-18(20(24)27)25-9-4-6-16(13-25)22-12-15-11-14-5-2-3-7-17(14)23-19(15)26/h2-3,5,7-8,10-11,16,22H,4,6,9,12-13H2,1H3,(H,23,26). The lowest BCUT2D eigenvalue weighted by Crippen LogP contribution is -2.48. The zero-order valence-electron chi connectivity index (χ0n) is 15.3. The molecule has 2 N–H and O–H groups in total. The molecule has 1 fully saturated rings. The highest BCUT2D eigenvalue weighted by Gasteiger charge is 2.23. The summed E-state index contributed by atoms with van der Waals surface area (Å²) < 4.78 is 1.55. The minimum atomic E-state index is -0.0795. The number of anilines is 1. The van der Waals surface area contributed by atoms with Crippen LogP contribution in [0.4, 0.5) is 5.82 Å². The molecule has 3 aromatic rings. The predicted octanol–water partition coefficient (Wildman–Crippen LogP) is 1.38. The lowest BCUT2D eigenvalue weighted by molar-refractivity contribution is 0.418. The summed E-state index contributed by atoms with van der Waals surface area (Å²) in [5.74, 6) is 0.495. The van der Waals surface area contributed by atoms with Crippen LogP contribution in [-0.4, -0.2) is 33.7 Å². The highest BCUT2D eigenvalue weighted by atomic mass is 16.1. The molecule has 0 radical (unpaired) electrons. The molecule has 4 rings (SSSR count). The number of H-pyrrole nitrogens is 1. The van der Waals surface area contributed by atoms with Gasteiger partial charge in [0.1, 0.15) is 0 Å².